The zero-order chi connectivity index (χ0) is 11.7. The van der Waals surface area contributed by atoms with Gasteiger partial charge in [0.2, 0.25) is 0 Å². The quantitative estimate of drug-likeness (QED) is 0.793. The third-order valence-electron chi connectivity index (χ3n) is 3.06. The van der Waals surface area contributed by atoms with Gasteiger partial charge in [-0.15, -0.1) is 17.0 Å². The Balaban J connectivity index is 0.00000120. The molecule has 1 saturated heterocycles. The van der Waals surface area contributed by atoms with Crippen molar-refractivity contribution in [3.05, 3.63) is 18.2 Å². The van der Waals surface area contributed by atoms with Crippen molar-refractivity contribution in [1.82, 2.24) is 10.3 Å². The van der Waals surface area contributed by atoms with Gasteiger partial charge in [-0.25, -0.2) is 0 Å². The lowest BCUT2D eigenvalue weighted by Crippen LogP contribution is -2.35. The van der Waals surface area contributed by atoms with Crippen LogP contribution in [0.1, 0.15) is 12.8 Å². The third kappa shape index (κ3) is 2.59. The van der Waals surface area contributed by atoms with Gasteiger partial charge in [0.05, 0.1) is 0 Å². The number of halogens is 1. The van der Waals surface area contributed by atoms with E-state index in [1.165, 1.54) is 0 Å². The first-order valence-electron chi connectivity index (χ1n) is 5.89. The zero-order valence-corrected chi connectivity index (χ0v) is 11.6. The van der Waals surface area contributed by atoms with Crippen LogP contribution in [0.25, 0.3) is 11.1 Å². The molecule has 0 amide bonds. The van der Waals surface area contributed by atoms with E-state index in [2.05, 4.69) is 15.6 Å². The summed E-state index contributed by atoms with van der Waals surface area (Å²) < 4.78 is 5.51. The first-order valence-corrected chi connectivity index (χ1v) is 5.89. The summed E-state index contributed by atoms with van der Waals surface area (Å²) in [4.78, 5) is 4.31. The maximum atomic E-state index is 9.62. The van der Waals surface area contributed by atoms with Crippen molar-refractivity contribution in [3.63, 3.8) is 0 Å². The molecule has 2 heterocycles. The van der Waals surface area contributed by atoms with E-state index < -0.39 is 0 Å². The molecule has 6 heteroatoms. The highest BCUT2D eigenvalue weighted by atomic mass is 79.9. The molecule has 5 nitrogen and oxygen atoms in total. The van der Waals surface area contributed by atoms with Crippen LogP contribution in [0.15, 0.2) is 22.6 Å². The number of nitrogens with one attached hydrogen (secondary N) is 2. The van der Waals surface area contributed by atoms with Crippen molar-refractivity contribution in [3.8, 4) is 5.75 Å². The van der Waals surface area contributed by atoms with Gasteiger partial charge >= 0.3 is 0 Å². The Kier molecular flexibility index (Phi) is 4.08. The fourth-order valence-corrected chi connectivity index (χ4v) is 2.14. The minimum absolute atomic E-state index is 0. The summed E-state index contributed by atoms with van der Waals surface area (Å²) in [6, 6.07) is 6.07. The molecule has 1 aliphatic heterocycles. The highest BCUT2D eigenvalue weighted by Crippen LogP contribution is 2.27. The molecule has 0 saturated carbocycles. The lowest BCUT2D eigenvalue weighted by molar-refractivity contribution is 0.454. The zero-order valence-electron chi connectivity index (χ0n) is 9.85. The molecule has 3 N–H and O–H groups in total. The molecular formula is C12H16BrN3O2. The number of aromatic nitrogens is 1. The summed E-state index contributed by atoms with van der Waals surface area (Å²) in [5, 5.41) is 16.2. The van der Waals surface area contributed by atoms with Crippen molar-refractivity contribution < 1.29 is 9.52 Å². The van der Waals surface area contributed by atoms with Gasteiger partial charge in [-0.1, -0.05) is 6.07 Å². The van der Waals surface area contributed by atoms with Crippen LogP contribution in [0, 0.1) is 0 Å². The van der Waals surface area contributed by atoms with E-state index >= 15 is 0 Å². The van der Waals surface area contributed by atoms with Gasteiger partial charge in [-0.05, 0) is 38.1 Å². The van der Waals surface area contributed by atoms with Gasteiger partial charge in [0.15, 0.2) is 11.3 Å². The molecule has 3 rings (SSSR count). The van der Waals surface area contributed by atoms with E-state index in [-0.39, 0.29) is 22.7 Å². The molecule has 0 bridgehead atoms. The predicted molar refractivity (Wildman–Crippen MR) is 75.5 cm³/mol. The monoisotopic (exact) mass is 313 g/mol. The largest absolute Gasteiger partial charge is 0.504 e. The number of piperidine rings is 1. The molecule has 1 aliphatic rings. The summed E-state index contributed by atoms with van der Waals surface area (Å²) >= 11 is 0. The first kappa shape index (κ1) is 13.2. The predicted octanol–water partition coefficient (Wildman–Crippen LogP) is 2.28. The number of phenols is 1. The van der Waals surface area contributed by atoms with Gasteiger partial charge in [-0.3, -0.25) is 0 Å². The van der Waals surface area contributed by atoms with Gasteiger partial charge in [0.1, 0.15) is 5.52 Å². The molecule has 2 aromatic rings. The van der Waals surface area contributed by atoms with Crippen LogP contribution in [-0.4, -0.2) is 29.2 Å². The fourth-order valence-electron chi connectivity index (χ4n) is 2.14. The van der Waals surface area contributed by atoms with Gasteiger partial charge in [0.25, 0.3) is 6.01 Å². The molecule has 0 unspecified atom stereocenters. The highest BCUT2D eigenvalue weighted by Gasteiger charge is 2.16. The maximum Gasteiger partial charge on any atom is 0.296 e. The summed E-state index contributed by atoms with van der Waals surface area (Å²) in [5.41, 5.74) is 1.13. The molecule has 1 aromatic carbocycles. The van der Waals surface area contributed by atoms with Gasteiger partial charge < -0.3 is 20.2 Å². The molecule has 0 radical (unpaired) electrons. The lowest BCUT2D eigenvalue weighted by atomic mass is 10.1. The van der Waals surface area contributed by atoms with Crippen molar-refractivity contribution in [1.29, 1.82) is 0 Å². The second-order valence-corrected chi connectivity index (χ2v) is 4.31. The number of anilines is 1. The number of aromatic hydroxyl groups is 1. The smallest absolute Gasteiger partial charge is 0.296 e. The Morgan fingerprint density at radius 2 is 2.11 bits per heavy atom. The summed E-state index contributed by atoms with van der Waals surface area (Å²) in [7, 11) is 0. The Labute approximate surface area is 115 Å². The van der Waals surface area contributed by atoms with Crippen molar-refractivity contribution in [2.75, 3.05) is 18.4 Å². The molecule has 0 atom stereocenters. The Morgan fingerprint density at radius 3 is 2.83 bits per heavy atom. The van der Waals surface area contributed by atoms with Crippen LogP contribution in [0.5, 0.6) is 5.75 Å². The van der Waals surface area contributed by atoms with E-state index in [0.717, 1.165) is 25.9 Å². The third-order valence-corrected chi connectivity index (χ3v) is 3.06. The number of hydrogen-bond acceptors (Lipinski definition) is 5. The number of phenolic OH excluding ortho intramolecular Hbond substituents is 1. The van der Waals surface area contributed by atoms with E-state index in [4.69, 9.17) is 4.42 Å². The number of oxazole rings is 1. The summed E-state index contributed by atoms with van der Waals surface area (Å²) in [6.07, 6.45) is 2.12. The van der Waals surface area contributed by atoms with Crippen molar-refractivity contribution in [2.24, 2.45) is 0 Å². The Morgan fingerprint density at radius 1 is 1.33 bits per heavy atom. The van der Waals surface area contributed by atoms with Gasteiger partial charge in [-0.2, -0.15) is 4.98 Å². The average Bonchev–Trinajstić information content (AvgIpc) is 2.74. The van der Waals surface area contributed by atoms with Crippen LogP contribution in [0.4, 0.5) is 6.01 Å². The number of benzene rings is 1. The number of hydrogen-bond donors (Lipinski definition) is 3. The minimum Gasteiger partial charge on any atom is -0.504 e. The number of fused-ring (bicyclic) bond motifs is 1. The topological polar surface area (TPSA) is 70.3 Å². The van der Waals surface area contributed by atoms with E-state index in [1.54, 1.807) is 12.1 Å². The molecule has 1 fully saturated rings. The Hall–Kier alpha value is -1.27. The fraction of sp³-hybridized carbons (Fsp3) is 0.417. The van der Waals surface area contributed by atoms with Crippen LogP contribution in [-0.2, 0) is 0 Å². The van der Waals surface area contributed by atoms with Crippen LogP contribution >= 0.6 is 17.0 Å². The molecular weight excluding hydrogens is 298 g/mol. The number of rotatable bonds is 2. The van der Waals surface area contributed by atoms with Crippen LogP contribution in [0.2, 0.25) is 0 Å². The number of nitrogens with zero attached hydrogens (tertiary/aromatic N) is 1. The minimum atomic E-state index is 0. The lowest BCUT2D eigenvalue weighted by Gasteiger charge is -2.22. The molecule has 18 heavy (non-hydrogen) atoms. The van der Waals surface area contributed by atoms with E-state index in [9.17, 15) is 5.11 Å². The average molecular weight is 314 g/mol. The van der Waals surface area contributed by atoms with Crippen LogP contribution in [0.3, 0.4) is 0 Å². The SMILES string of the molecule is Br.Oc1cccc2nc(NC3CCNCC3)oc12. The van der Waals surface area contributed by atoms with E-state index in [1.807, 2.05) is 6.07 Å². The standard InChI is InChI=1S/C12H15N3O2.BrH/c16-10-3-1-2-9-11(10)17-12(15-9)14-8-4-6-13-7-5-8;/h1-3,8,13,16H,4-7H2,(H,14,15);1H. The summed E-state index contributed by atoms with van der Waals surface area (Å²) in [5.74, 6) is 0.133. The van der Waals surface area contributed by atoms with Gasteiger partial charge in [0, 0.05) is 6.04 Å². The van der Waals surface area contributed by atoms with Crippen molar-refractivity contribution >= 4 is 34.1 Å². The maximum absolute atomic E-state index is 9.62. The normalized spacial score (nSPS) is 16.4. The first-order chi connectivity index (χ1) is 8.33. The highest BCUT2D eigenvalue weighted by molar-refractivity contribution is 8.93. The second kappa shape index (κ2) is 5.58. The second-order valence-electron chi connectivity index (χ2n) is 4.31. The Bertz CT molecular complexity index is 523. The van der Waals surface area contributed by atoms with Crippen LogP contribution < -0.4 is 10.6 Å². The molecule has 0 aliphatic carbocycles. The number of para-hydroxylation sites is 1. The van der Waals surface area contributed by atoms with E-state index in [0.29, 0.717) is 23.2 Å². The molecule has 1 aromatic heterocycles. The summed E-state index contributed by atoms with van der Waals surface area (Å²) in [6.45, 7) is 2.03. The molecule has 0 spiro atoms. The molecule has 98 valence electrons. The van der Waals surface area contributed by atoms with Crippen molar-refractivity contribution in [2.45, 2.75) is 18.9 Å².